The summed E-state index contributed by atoms with van der Waals surface area (Å²) in [6.45, 7) is 16.1. The fraction of sp³-hybridized carbons (Fsp3) is 0.643. The maximum atomic E-state index is 12.2. The van der Waals surface area contributed by atoms with Gasteiger partial charge in [0.05, 0.1) is 6.54 Å². The summed E-state index contributed by atoms with van der Waals surface area (Å²) < 4.78 is 0. The highest BCUT2D eigenvalue weighted by atomic mass is 16.2. The molecular weight excluding hydrogens is 226 g/mol. The van der Waals surface area contributed by atoms with Crippen molar-refractivity contribution in [2.45, 2.75) is 19.4 Å². The van der Waals surface area contributed by atoms with E-state index in [0.29, 0.717) is 19.6 Å². The van der Waals surface area contributed by atoms with Crippen molar-refractivity contribution in [1.29, 1.82) is 0 Å². The molecule has 0 bridgehead atoms. The first-order chi connectivity index (χ1) is 8.51. The molecule has 1 heterocycles. The van der Waals surface area contributed by atoms with E-state index in [1.165, 1.54) is 0 Å². The van der Waals surface area contributed by atoms with Gasteiger partial charge in [0.2, 0.25) is 5.91 Å². The van der Waals surface area contributed by atoms with Crippen LogP contribution in [0.4, 0.5) is 0 Å². The zero-order valence-corrected chi connectivity index (χ0v) is 11.6. The molecule has 0 atom stereocenters. The minimum absolute atomic E-state index is 0.0297. The number of carbonyl (C=O) groups is 1. The molecule has 0 aromatic rings. The van der Waals surface area contributed by atoms with E-state index in [-0.39, 0.29) is 11.4 Å². The molecular formula is C14H25N3O. The Hall–Kier alpha value is -1.13. The third-order valence-corrected chi connectivity index (χ3v) is 3.35. The third kappa shape index (κ3) is 3.96. The molecule has 1 fully saturated rings. The molecule has 1 amide bonds. The van der Waals surface area contributed by atoms with Gasteiger partial charge in [-0.15, -0.1) is 13.2 Å². The minimum Gasteiger partial charge on any atom is -0.334 e. The molecule has 1 rings (SSSR count). The van der Waals surface area contributed by atoms with E-state index >= 15 is 0 Å². The molecule has 1 aliphatic rings. The number of hydrogen-bond acceptors (Lipinski definition) is 3. The first-order valence-corrected chi connectivity index (χ1v) is 6.46. The Morgan fingerprint density at radius 2 is 2.00 bits per heavy atom. The zero-order chi connectivity index (χ0) is 13.6. The SMILES string of the molecule is C=CCN(CC=C)C(=O)CN1CCNCC1(C)C. The van der Waals surface area contributed by atoms with Crippen LogP contribution in [0.15, 0.2) is 25.3 Å². The lowest BCUT2D eigenvalue weighted by Gasteiger charge is -2.43. The van der Waals surface area contributed by atoms with Crippen molar-refractivity contribution in [3.05, 3.63) is 25.3 Å². The Morgan fingerprint density at radius 3 is 2.50 bits per heavy atom. The lowest BCUT2D eigenvalue weighted by molar-refractivity contribution is -0.133. The summed E-state index contributed by atoms with van der Waals surface area (Å²) in [5.74, 6) is 0.143. The maximum Gasteiger partial charge on any atom is 0.237 e. The van der Waals surface area contributed by atoms with Crippen LogP contribution in [0.1, 0.15) is 13.8 Å². The highest BCUT2D eigenvalue weighted by molar-refractivity contribution is 5.78. The van der Waals surface area contributed by atoms with Crippen LogP contribution in [-0.4, -0.2) is 60.5 Å². The smallest absolute Gasteiger partial charge is 0.237 e. The topological polar surface area (TPSA) is 35.6 Å². The van der Waals surface area contributed by atoms with Gasteiger partial charge in [0.1, 0.15) is 0 Å². The van der Waals surface area contributed by atoms with Crippen LogP contribution in [-0.2, 0) is 4.79 Å². The first kappa shape index (κ1) is 14.9. The summed E-state index contributed by atoms with van der Waals surface area (Å²) in [5.41, 5.74) is 0.0297. The fourth-order valence-electron chi connectivity index (χ4n) is 2.17. The van der Waals surface area contributed by atoms with Gasteiger partial charge in [0.25, 0.3) is 0 Å². The van der Waals surface area contributed by atoms with E-state index in [4.69, 9.17) is 0 Å². The summed E-state index contributed by atoms with van der Waals surface area (Å²) in [6, 6.07) is 0. The Bertz CT molecular complexity index is 302. The van der Waals surface area contributed by atoms with Gasteiger partial charge >= 0.3 is 0 Å². The lowest BCUT2D eigenvalue weighted by atomic mass is 10.0. The van der Waals surface area contributed by atoms with Crippen LogP contribution in [0, 0.1) is 0 Å². The van der Waals surface area contributed by atoms with Crippen molar-refractivity contribution >= 4 is 5.91 Å². The van der Waals surface area contributed by atoms with E-state index in [2.05, 4.69) is 37.2 Å². The van der Waals surface area contributed by atoms with E-state index in [1.807, 2.05) is 0 Å². The number of nitrogens with one attached hydrogen (secondary N) is 1. The minimum atomic E-state index is 0.0297. The van der Waals surface area contributed by atoms with Gasteiger partial charge < -0.3 is 10.2 Å². The highest BCUT2D eigenvalue weighted by Crippen LogP contribution is 2.16. The van der Waals surface area contributed by atoms with Crippen LogP contribution in [0.25, 0.3) is 0 Å². The molecule has 1 N–H and O–H groups in total. The quantitative estimate of drug-likeness (QED) is 0.712. The van der Waals surface area contributed by atoms with Crippen molar-refractivity contribution in [2.24, 2.45) is 0 Å². The number of hydrogen-bond donors (Lipinski definition) is 1. The van der Waals surface area contributed by atoms with Gasteiger partial charge in [-0.1, -0.05) is 12.2 Å². The normalized spacial score (nSPS) is 19.2. The predicted octanol–water partition coefficient (Wildman–Crippen LogP) is 0.871. The molecule has 1 saturated heterocycles. The standard InChI is InChI=1S/C14H25N3O/c1-5-8-16(9-6-2)13(18)11-17-10-7-15-12-14(17,3)4/h5-6,15H,1-2,7-12H2,3-4H3. The van der Waals surface area contributed by atoms with Crippen LogP contribution in [0.3, 0.4) is 0 Å². The number of piperazine rings is 1. The summed E-state index contributed by atoms with van der Waals surface area (Å²) in [7, 11) is 0. The molecule has 0 aromatic heterocycles. The molecule has 0 unspecified atom stereocenters. The number of nitrogens with zero attached hydrogens (tertiary/aromatic N) is 2. The molecule has 1 aliphatic heterocycles. The van der Waals surface area contributed by atoms with Crippen molar-refractivity contribution in [3.63, 3.8) is 0 Å². The van der Waals surface area contributed by atoms with Gasteiger partial charge in [0.15, 0.2) is 0 Å². The molecule has 0 radical (unpaired) electrons. The number of amides is 1. The fourth-order valence-corrected chi connectivity index (χ4v) is 2.17. The monoisotopic (exact) mass is 251 g/mol. The van der Waals surface area contributed by atoms with E-state index in [1.54, 1.807) is 17.1 Å². The van der Waals surface area contributed by atoms with Crippen molar-refractivity contribution < 1.29 is 4.79 Å². The molecule has 0 spiro atoms. The Balaban J connectivity index is 2.60. The summed E-state index contributed by atoms with van der Waals surface area (Å²) in [4.78, 5) is 16.3. The van der Waals surface area contributed by atoms with Gasteiger partial charge in [-0.3, -0.25) is 9.69 Å². The van der Waals surface area contributed by atoms with E-state index in [0.717, 1.165) is 19.6 Å². The van der Waals surface area contributed by atoms with E-state index in [9.17, 15) is 4.79 Å². The highest BCUT2D eigenvalue weighted by Gasteiger charge is 2.31. The lowest BCUT2D eigenvalue weighted by Crippen LogP contribution is -2.60. The van der Waals surface area contributed by atoms with Crippen molar-refractivity contribution in [1.82, 2.24) is 15.1 Å². The van der Waals surface area contributed by atoms with E-state index < -0.39 is 0 Å². The molecule has 18 heavy (non-hydrogen) atoms. The van der Waals surface area contributed by atoms with Crippen molar-refractivity contribution in [3.8, 4) is 0 Å². The predicted molar refractivity (Wildman–Crippen MR) is 75.5 cm³/mol. The maximum absolute atomic E-state index is 12.2. The largest absolute Gasteiger partial charge is 0.334 e. The van der Waals surface area contributed by atoms with Gasteiger partial charge in [-0.2, -0.15) is 0 Å². The molecule has 4 nitrogen and oxygen atoms in total. The molecule has 4 heteroatoms. The molecule has 0 aliphatic carbocycles. The van der Waals surface area contributed by atoms with Crippen LogP contribution < -0.4 is 5.32 Å². The van der Waals surface area contributed by atoms with Gasteiger partial charge in [-0.05, 0) is 13.8 Å². The first-order valence-electron chi connectivity index (χ1n) is 6.46. The Morgan fingerprint density at radius 1 is 1.39 bits per heavy atom. The molecule has 102 valence electrons. The summed E-state index contributed by atoms with van der Waals surface area (Å²) in [5, 5.41) is 3.36. The van der Waals surface area contributed by atoms with Crippen LogP contribution >= 0.6 is 0 Å². The second-order valence-corrected chi connectivity index (χ2v) is 5.29. The number of carbonyl (C=O) groups excluding carboxylic acids is 1. The number of rotatable bonds is 6. The average molecular weight is 251 g/mol. The van der Waals surface area contributed by atoms with Crippen molar-refractivity contribution in [2.75, 3.05) is 39.3 Å². The van der Waals surface area contributed by atoms with Gasteiger partial charge in [0, 0.05) is 38.3 Å². The molecule has 0 saturated carbocycles. The van der Waals surface area contributed by atoms with Crippen LogP contribution in [0.2, 0.25) is 0 Å². The van der Waals surface area contributed by atoms with Gasteiger partial charge in [-0.25, -0.2) is 0 Å². The van der Waals surface area contributed by atoms with Crippen LogP contribution in [0.5, 0.6) is 0 Å². The zero-order valence-electron chi connectivity index (χ0n) is 11.6. The molecule has 0 aromatic carbocycles. The second kappa shape index (κ2) is 6.71. The third-order valence-electron chi connectivity index (χ3n) is 3.35. The Kier molecular flexibility index (Phi) is 5.56. The summed E-state index contributed by atoms with van der Waals surface area (Å²) in [6.07, 6.45) is 3.51. The second-order valence-electron chi connectivity index (χ2n) is 5.29. The Labute approximate surface area is 110 Å². The summed E-state index contributed by atoms with van der Waals surface area (Å²) >= 11 is 0. The average Bonchev–Trinajstić information content (AvgIpc) is 2.31.